The molecule has 15 heavy (non-hydrogen) atoms. The monoisotopic (exact) mass is 247 g/mol. The van der Waals surface area contributed by atoms with E-state index in [-0.39, 0.29) is 6.61 Å². The molecule has 0 aliphatic carbocycles. The third kappa shape index (κ3) is 5.48. The minimum absolute atomic E-state index is 0.0987. The van der Waals surface area contributed by atoms with E-state index in [1.807, 2.05) is 4.72 Å². The molecular formula is C8H16F3NO2S. The van der Waals surface area contributed by atoms with Gasteiger partial charge in [-0.25, -0.2) is 8.93 Å². The third-order valence-corrected chi connectivity index (χ3v) is 2.94. The van der Waals surface area contributed by atoms with Gasteiger partial charge in [0.25, 0.3) is 0 Å². The average Bonchev–Trinajstić information content (AvgIpc) is 1.99. The molecule has 0 saturated carbocycles. The van der Waals surface area contributed by atoms with Crippen molar-refractivity contribution in [1.29, 1.82) is 0 Å². The second-order valence-corrected chi connectivity index (χ2v) is 5.87. The van der Waals surface area contributed by atoms with Gasteiger partial charge < -0.3 is 4.74 Å². The molecule has 0 saturated heterocycles. The molecule has 0 fully saturated rings. The fourth-order valence-electron chi connectivity index (χ4n) is 0.636. The van der Waals surface area contributed by atoms with Gasteiger partial charge >= 0.3 is 6.18 Å². The molecule has 3 nitrogen and oxygen atoms in total. The summed E-state index contributed by atoms with van der Waals surface area (Å²) in [4.78, 5) is 0. The molecule has 0 bridgehead atoms. The molecule has 0 aromatic rings. The summed E-state index contributed by atoms with van der Waals surface area (Å²) in [5, 5.41) is 0. The van der Waals surface area contributed by atoms with E-state index < -0.39 is 28.1 Å². The smallest absolute Gasteiger partial charge is 0.354 e. The van der Waals surface area contributed by atoms with Gasteiger partial charge in [-0.2, -0.15) is 13.2 Å². The number of hydrogen-bond donors (Lipinski definition) is 1. The van der Waals surface area contributed by atoms with Crippen LogP contribution in [-0.4, -0.2) is 28.0 Å². The summed E-state index contributed by atoms with van der Waals surface area (Å²) in [5.41, 5.74) is 0. The van der Waals surface area contributed by atoms with Crippen LogP contribution < -0.4 is 4.72 Å². The molecule has 1 unspecified atom stereocenters. The SMILES string of the molecule is CCO[C@H](NS(=O)C(C)(C)C)C(F)(F)F. The van der Waals surface area contributed by atoms with Crippen LogP contribution in [0.2, 0.25) is 0 Å². The summed E-state index contributed by atoms with van der Waals surface area (Å²) in [6, 6.07) is 0. The second kappa shape index (κ2) is 5.27. The molecule has 7 heteroatoms. The quantitative estimate of drug-likeness (QED) is 0.771. The van der Waals surface area contributed by atoms with Crippen LogP contribution in [0.5, 0.6) is 0 Å². The van der Waals surface area contributed by atoms with Gasteiger partial charge in [-0.1, -0.05) is 0 Å². The van der Waals surface area contributed by atoms with Crippen LogP contribution in [0, 0.1) is 0 Å². The fourth-order valence-corrected chi connectivity index (χ4v) is 1.39. The van der Waals surface area contributed by atoms with Crippen LogP contribution in [0.3, 0.4) is 0 Å². The molecule has 0 aromatic heterocycles. The summed E-state index contributed by atoms with van der Waals surface area (Å²) in [7, 11) is -1.81. The summed E-state index contributed by atoms with van der Waals surface area (Å²) in [6.45, 7) is 6.08. The Hall–Kier alpha value is -0.140. The lowest BCUT2D eigenvalue weighted by Gasteiger charge is -2.25. The number of alkyl halides is 3. The summed E-state index contributed by atoms with van der Waals surface area (Å²) in [6.07, 6.45) is -6.74. The van der Waals surface area contributed by atoms with Crippen molar-refractivity contribution in [1.82, 2.24) is 4.72 Å². The van der Waals surface area contributed by atoms with Crippen molar-refractivity contribution in [2.45, 2.75) is 44.8 Å². The molecule has 0 aromatic carbocycles. The van der Waals surface area contributed by atoms with Crippen molar-refractivity contribution in [3.63, 3.8) is 0 Å². The first-order chi connectivity index (χ1) is 6.59. The maximum Gasteiger partial charge on any atom is 0.429 e. The van der Waals surface area contributed by atoms with Crippen molar-refractivity contribution in [2.75, 3.05) is 6.61 Å². The standard InChI is InChI=1S/C8H16F3NO2S/c1-5-14-6(8(9,10)11)12-15(13)7(2,3)4/h6,12H,5H2,1-4H3/t6-,15?/m0/s1. The molecule has 92 valence electrons. The summed E-state index contributed by atoms with van der Waals surface area (Å²) < 4.78 is 54.0. The maximum absolute atomic E-state index is 12.3. The molecule has 0 heterocycles. The van der Waals surface area contributed by atoms with E-state index in [9.17, 15) is 17.4 Å². The molecule has 0 spiro atoms. The van der Waals surface area contributed by atoms with Crippen LogP contribution >= 0.6 is 0 Å². The number of hydrogen-bond acceptors (Lipinski definition) is 2. The van der Waals surface area contributed by atoms with E-state index in [2.05, 4.69) is 4.74 Å². The van der Waals surface area contributed by atoms with E-state index in [1.54, 1.807) is 20.8 Å². The predicted octanol–water partition coefficient (Wildman–Crippen LogP) is 1.96. The van der Waals surface area contributed by atoms with Gasteiger partial charge in [-0.3, -0.25) is 0 Å². The minimum atomic E-state index is -4.56. The zero-order chi connectivity index (χ0) is 12.3. The Kier molecular flexibility index (Phi) is 5.22. The largest absolute Gasteiger partial charge is 0.429 e. The first kappa shape index (κ1) is 14.9. The molecule has 0 amide bonds. The Morgan fingerprint density at radius 2 is 1.80 bits per heavy atom. The normalized spacial score (nSPS) is 17.5. The van der Waals surface area contributed by atoms with Crippen molar-refractivity contribution in [3.05, 3.63) is 0 Å². The Bertz CT molecular complexity index is 225. The first-order valence-corrected chi connectivity index (χ1v) is 5.60. The van der Waals surface area contributed by atoms with Gasteiger partial charge in [0.2, 0.25) is 6.23 Å². The number of halogens is 3. The van der Waals surface area contributed by atoms with Crippen LogP contribution in [0.25, 0.3) is 0 Å². The van der Waals surface area contributed by atoms with Crippen molar-refractivity contribution in [3.8, 4) is 0 Å². The van der Waals surface area contributed by atoms with Gasteiger partial charge in [0.15, 0.2) is 0 Å². The molecular weight excluding hydrogens is 231 g/mol. The Morgan fingerprint density at radius 3 is 2.07 bits per heavy atom. The van der Waals surface area contributed by atoms with Gasteiger partial charge in [0.1, 0.15) is 0 Å². The second-order valence-electron chi connectivity index (χ2n) is 3.88. The van der Waals surface area contributed by atoms with Gasteiger partial charge in [0, 0.05) is 6.61 Å². The topological polar surface area (TPSA) is 38.3 Å². The van der Waals surface area contributed by atoms with Gasteiger partial charge in [-0.05, 0) is 27.7 Å². The van der Waals surface area contributed by atoms with Crippen molar-refractivity contribution < 1.29 is 22.1 Å². The zero-order valence-electron chi connectivity index (χ0n) is 9.14. The summed E-state index contributed by atoms with van der Waals surface area (Å²) >= 11 is 0. The number of rotatable bonds is 4. The van der Waals surface area contributed by atoms with E-state index in [1.165, 1.54) is 6.92 Å². The van der Waals surface area contributed by atoms with Crippen LogP contribution in [0.1, 0.15) is 27.7 Å². The lowest BCUT2D eigenvalue weighted by Crippen LogP contribution is -2.49. The Labute approximate surface area is 90.0 Å². The van der Waals surface area contributed by atoms with Crippen molar-refractivity contribution >= 4 is 11.0 Å². The highest BCUT2D eigenvalue weighted by Crippen LogP contribution is 2.22. The lowest BCUT2D eigenvalue weighted by atomic mass is 10.3. The Morgan fingerprint density at radius 1 is 1.33 bits per heavy atom. The molecule has 1 N–H and O–H groups in total. The van der Waals surface area contributed by atoms with Crippen LogP contribution in [0.15, 0.2) is 0 Å². The van der Waals surface area contributed by atoms with E-state index >= 15 is 0 Å². The molecule has 2 atom stereocenters. The first-order valence-electron chi connectivity index (χ1n) is 4.45. The van der Waals surface area contributed by atoms with E-state index in [4.69, 9.17) is 0 Å². The highest BCUT2D eigenvalue weighted by atomic mass is 32.2. The zero-order valence-corrected chi connectivity index (χ0v) is 9.96. The lowest BCUT2D eigenvalue weighted by molar-refractivity contribution is -0.222. The van der Waals surface area contributed by atoms with Gasteiger partial charge in [-0.15, -0.1) is 0 Å². The van der Waals surface area contributed by atoms with E-state index in [0.29, 0.717) is 0 Å². The minimum Gasteiger partial charge on any atom is -0.354 e. The molecule has 0 aliphatic rings. The highest BCUT2D eigenvalue weighted by molar-refractivity contribution is 7.84. The average molecular weight is 247 g/mol. The summed E-state index contributed by atoms with van der Waals surface area (Å²) in [5.74, 6) is 0. The van der Waals surface area contributed by atoms with Crippen LogP contribution in [0.4, 0.5) is 13.2 Å². The van der Waals surface area contributed by atoms with Crippen molar-refractivity contribution in [2.24, 2.45) is 0 Å². The third-order valence-electron chi connectivity index (χ3n) is 1.40. The van der Waals surface area contributed by atoms with Gasteiger partial charge in [0.05, 0.1) is 15.7 Å². The van der Waals surface area contributed by atoms with Crippen LogP contribution in [-0.2, 0) is 15.7 Å². The molecule has 0 radical (unpaired) electrons. The Balaban J connectivity index is 4.50. The number of nitrogens with one attached hydrogen (secondary N) is 1. The maximum atomic E-state index is 12.3. The molecule has 0 aliphatic heterocycles. The number of ether oxygens (including phenoxy) is 1. The molecule has 0 rings (SSSR count). The highest BCUT2D eigenvalue weighted by Gasteiger charge is 2.42. The van der Waals surface area contributed by atoms with E-state index in [0.717, 1.165) is 0 Å². The fraction of sp³-hybridized carbons (Fsp3) is 1.00. The predicted molar refractivity (Wildman–Crippen MR) is 52.5 cm³/mol.